The molecule has 0 aliphatic carbocycles. The lowest BCUT2D eigenvalue weighted by atomic mass is 10.1. The fourth-order valence-electron chi connectivity index (χ4n) is 1.79. The molecule has 1 atom stereocenters. The second-order valence-corrected chi connectivity index (χ2v) is 4.88. The highest BCUT2D eigenvalue weighted by atomic mass is 16.5. The number of hydrogen-bond acceptors (Lipinski definition) is 4. The Bertz CT molecular complexity index is 664. The molecule has 0 saturated carbocycles. The van der Waals surface area contributed by atoms with E-state index < -0.39 is 6.04 Å². The molecule has 2 amide bonds. The van der Waals surface area contributed by atoms with Crippen molar-refractivity contribution in [3.05, 3.63) is 47.2 Å². The van der Waals surface area contributed by atoms with Crippen LogP contribution in [0.1, 0.15) is 28.6 Å². The number of hydrogen-bond donors (Lipinski definition) is 2. The summed E-state index contributed by atoms with van der Waals surface area (Å²) in [6.07, 6.45) is 0. The standard InChI is InChI=1S/C15H17N3O3/c1-9-5-4-6-12(7-9)15(20)16-11(3)14(19)17-13-8-10(2)21-18-13/h4-8,11H,1-3H3,(H,16,20)(H,17,18,19)/t11-/m0/s1. The molecular weight excluding hydrogens is 270 g/mol. The third-order valence-electron chi connectivity index (χ3n) is 2.90. The molecule has 0 bridgehead atoms. The highest BCUT2D eigenvalue weighted by Gasteiger charge is 2.17. The van der Waals surface area contributed by atoms with E-state index in [1.807, 2.05) is 13.0 Å². The molecular formula is C15H17N3O3. The molecule has 0 unspecified atom stereocenters. The molecule has 110 valence electrons. The van der Waals surface area contributed by atoms with Crippen LogP contribution >= 0.6 is 0 Å². The minimum atomic E-state index is -0.685. The molecule has 1 aromatic carbocycles. The number of amides is 2. The monoisotopic (exact) mass is 287 g/mol. The van der Waals surface area contributed by atoms with Gasteiger partial charge in [-0.25, -0.2) is 0 Å². The molecule has 2 rings (SSSR count). The second-order valence-electron chi connectivity index (χ2n) is 4.88. The number of carbonyl (C=O) groups excluding carboxylic acids is 2. The summed E-state index contributed by atoms with van der Waals surface area (Å²) in [5.74, 6) is 0.276. The third kappa shape index (κ3) is 3.92. The van der Waals surface area contributed by atoms with Gasteiger partial charge >= 0.3 is 0 Å². The van der Waals surface area contributed by atoms with Crippen molar-refractivity contribution in [1.82, 2.24) is 10.5 Å². The Morgan fingerprint density at radius 3 is 2.62 bits per heavy atom. The van der Waals surface area contributed by atoms with Crippen LogP contribution in [0, 0.1) is 13.8 Å². The summed E-state index contributed by atoms with van der Waals surface area (Å²) in [5, 5.41) is 8.88. The lowest BCUT2D eigenvalue weighted by Gasteiger charge is -2.13. The fraction of sp³-hybridized carbons (Fsp3) is 0.267. The number of aryl methyl sites for hydroxylation is 2. The van der Waals surface area contributed by atoms with E-state index >= 15 is 0 Å². The maximum atomic E-state index is 12.0. The Hall–Kier alpha value is -2.63. The summed E-state index contributed by atoms with van der Waals surface area (Å²) >= 11 is 0. The van der Waals surface area contributed by atoms with Gasteiger partial charge in [-0.3, -0.25) is 9.59 Å². The molecule has 0 radical (unpaired) electrons. The zero-order chi connectivity index (χ0) is 15.4. The molecule has 0 saturated heterocycles. The van der Waals surface area contributed by atoms with Gasteiger partial charge in [-0.15, -0.1) is 0 Å². The van der Waals surface area contributed by atoms with Gasteiger partial charge in [0.05, 0.1) is 0 Å². The van der Waals surface area contributed by atoms with Crippen LogP contribution in [0.25, 0.3) is 0 Å². The molecule has 6 heteroatoms. The van der Waals surface area contributed by atoms with Gasteiger partial charge in [0.25, 0.3) is 5.91 Å². The zero-order valence-corrected chi connectivity index (χ0v) is 12.1. The van der Waals surface area contributed by atoms with Gasteiger partial charge in [0.1, 0.15) is 11.8 Å². The Kier molecular flexibility index (Phi) is 4.37. The summed E-state index contributed by atoms with van der Waals surface area (Å²) in [7, 11) is 0. The van der Waals surface area contributed by atoms with E-state index in [1.165, 1.54) is 0 Å². The molecule has 1 aromatic heterocycles. The molecule has 2 aromatic rings. The van der Waals surface area contributed by atoms with Crippen molar-refractivity contribution < 1.29 is 14.1 Å². The number of nitrogens with one attached hydrogen (secondary N) is 2. The number of rotatable bonds is 4. The minimum Gasteiger partial charge on any atom is -0.360 e. The highest BCUT2D eigenvalue weighted by Crippen LogP contribution is 2.08. The average molecular weight is 287 g/mol. The summed E-state index contributed by atoms with van der Waals surface area (Å²) in [4.78, 5) is 24.0. The lowest BCUT2D eigenvalue weighted by Crippen LogP contribution is -2.41. The van der Waals surface area contributed by atoms with Crippen molar-refractivity contribution in [3.8, 4) is 0 Å². The first-order valence-electron chi connectivity index (χ1n) is 6.57. The maximum Gasteiger partial charge on any atom is 0.251 e. The third-order valence-corrected chi connectivity index (χ3v) is 2.90. The number of anilines is 1. The van der Waals surface area contributed by atoms with Gasteiger partial charge < -0.3 is 15.2 Å². The Morgan fingerprint density at radius 2 is 2.00 bits per heavy atom. The zero-order valence-electron chi connectivity index (χ0n) is 12.1. The fourth-order valence-corrected chi connectivity index (χ4v) is 1.79. The van der Waals surface area contributed by atoms with Crippen LogP contribution in [-0.4, -0.2) is 23.0 Å². The van der Waals surface area contributed by atoms with Crippen molar-refractivity contribution in [1.29, 1.82) is 0 Å². The normalized spacial score (nSPS) is 11.8. The predicted molar refractivity (Wildman–Crippen MR) is 78.0 cm³/mol. The first-order chi connectivity index (χ1) is 9.95. The van der Waals surface area contributed by atoms with Crippen LogP contribution in [-0.2, 0) is 4.79 Å². The van der Waals surface area contributed by atoms with E-state index in [0.29, 0.717) is 17.1 Å². The number of nitrogens with zero attached hydrogens (tertiary/aromatic N) is 1. The van der Waals surface area contributed by atoms with E-state index in [1.54, 1.807) is 38.1 Å². The number of carbonyl (C=O) groups is 2. The van der Waals surface area contributed by atoms with Crippen LogP contribution in [0.3, 0.4) is 0 Å². The highest BCUT2D eigenvalue weighted by molar-refractivity contribution is 6.00. The average Bonchev–Trinajstić information content (AvgIpc) is 2.84. The minimum absolute atomic E-state index is 0.294. The van der Waals surface area contributed by atoms with Crippen molar-refractivity contribution in [2.75, 3.05) is 5.32 Å². The topological polar surface area (TPSA) is 84.2 Å². The summed E-state index contributed by atoms with van der Waals surface area (Å²) in [6.45, 7) is 5.24. The van der Waals surface area contributed by atoms with Gasteiger partial charge in [-0.2, -0.15) is 0 Å². The Labute approximate surface area is 122 Å². The molecule has 6 nitrogen and oxygen atoms in total. The molecule has 2 N–H and O–H groups in total. The van der Waals surface area contributed by atoms with Gasteiger partial charge in [-0.1, -0.05) is 22.9 Å². The van der Waals surface area contributed by atoms with E-state index in [0.717, 1.165) is 5.56 Å². The number of aromatic nitrogens is 1. The van der Waals surface area contributed by atoms with Crippen molar-refractivity contribution in [2.24, 2.45) is 0 Å². The first-order valence-corrected chi connectivity index (χ1v) is 6.57. The smallest absolute Gasteiger partial charge is 0.251 e. The second kappa shape index (κ2) is 6.21. The SMILES string of the molecule is Cc1cccc(C(=O)N[C@@H](C)C(=O)Nc2cc(C)on2)c1. The van der Waals surface area contributed by atoms with Crippen molar-refractivity contribution >= 4 is 17.6 Å². The van der Waals surface area contributed by atoms with Crippen molar-refractivity contribution in [2.45, 2.75) is 26.8 Å². The molecule has 0 aliphatic heterocycles. The van der Waals surface area contributed by atoms with E-state index in [9.17, 15) is 9.59 Å². The quantitative estimate of drug-likeness (QED) is 0.901. The predicted octanol–water partition coefficient (Wildman–Crippen LogP) is 2.05. The summed E-state index contributed by atoms with van der Waals surface area (Å²) in [5.41, 5.74) is 1.50. The molecule has 0 aliphatic rings. The van der Waals surface area contributed by atoms with Crippen LogP contribution < -0.4 is 10.6 Å². The largest absolute Gasteiger partial charge is 0.360 e. The first kappa shape index (κ1) is 14.8. The summed E-state index contributed by atoms with van der Waals surface area (Å²) < 4.78 is 4.86. The van der Waals surface area contributed by atoms with Crippen LogP contribution in [0.15, 0.2) is 34.9 Å². The van der Waals surface area contributed by atoms with Crippen molar-refractivity contribution in [3.63, 3.8) is 0 Å². The molecule has 21 heavy (non-hydrogen) atoms. The van der Waals surface area contributed by atoms with Crippen LogP contribution in [0.4, 0.5) is 5.82 Å². The Balaban J connectivity index is 1.95. The van der Waals surface area contributed by atoms with E-state index in [2.05, 4.69) is 15.8 Å². The Morgan fingerprint density at radius 1 is 1.24 bits per heavy atom. The molecule has 0 fully saturated rings. The van der Waals surface area contributed by atoms with Gasteiger partial charge in [0.15, 0.2) is 5.82 Å². The molecule has 1 heterocycles. The van der Waals surface area contributed by atoms with Crippen LogP contribution in [0.2, 0.25) is 0 Å². The number of benzene rings is 1. The van der Waals surface area contributed by atoms with Gasteiger partial charge in [0.2, 0.25) is 5.91 Å². The van der Waals surface area contributed by atoms with Gasteiger partial charge in [0, 0.05) is 11.6 Å². The van der Waals surface area contributed by atoms with E-state index in [-0.39, 0.29) is 11.8 Å². The lowest BCUT2D eigenvalue weighted by molar-refractivity contribution is -0.117. The summed E-state index contributed by atoms with van der Waals surface area (Å²) in [6, 6.07) is 8.09. The maximum absolute atomic E-state index is 12.0. The van der Waals surface area contributed by atoms with E-state index in [4.69, 9.17) is 4.52 Å². The van der Waals surface area contributed by atoms with Gasteiger partial charge in [-0.05, 0) is 32.9 Å². The van der Waals surface area contributed by atoms with Crippen LogP contribution in [0.5, 0.6) is 0 Å². The molecule has 0 spiro atoms.